The van der Waals surface area contributed by atoms with Crippen molar-refractivity contribution in [2.45, 2.75) is 46.4 Å². The van der Waals surface area contributed by atoms with Crippen LogP contribution in [0.25, 0.3) is 0 Å². The summed E-state index contributed by atoms with van der Waals surface area (Å²) in [6, 6.07) is 6.18. The van der Waals surface area contributed by atoms with Gasteiger partial charge in [0.15, 0.2) is 0 Å². The second kappa shape index (κ2) is 7.48. The fourth-order valence-corrected chi connectivity index (χ4v) is 3.12. The fourth-order valence-electron chi connectivity index (χ4n) is 2.88. The molecular weight excluding hydrogens is 284 g/mol. The van der Waals surface area contributed by atoms with E-state index in [0.29, 0.717) is 5.92 Å². The highest BCUT2D eigenvalue weighted by molar-refractivity contribution is 6.31. The Morgan fingerprint density at radius 1 is 1.29 bits per heavy atom. The molecule has 1 N–H and O–H groups in total. The topological polar surface area (TPSA) is 24.5 Å². The number of benzene rings is 1. The van der Waals surface area contributed by atoms with Crippen molar-refractivity contribution in [2.24, 2.45) is 5.92 Å². The van der Waals surface area contributed by atoms with E-state index >= 15 is 0 Å². The molecule has 4 heteroatoms. The van der Waals surface area contributed by atoms with Gasteiger partial charge in [-0.15, -0.1) is 0 Å². The molecule has 0 saturated carbocycles. The predicted molar refractivity (Wildman–Crippen MR) is 90.2 cm³/mol. The average molecular weight is 311 g/mol. The van der Waals surface area contributed by atoms with Gasteiger partial charge in [-0.1, -0.05) is 31.5 Å². The number of halogens is 1. The minimum Gasteiger partial charge on any atom is -0.372 e. The molecule has 21 heavy (non-hydrogen) atoms. The van der Waals surface area contributed by atoms with Crippen molar-refractivity contribution in [2.75, 3.05) is 24.5 Å². The maximum atomic E-state index is 6.44. The molecule has 0 amide bonds. The minimum absolute atomic E-state index is 0.254. The van der Waals surface area contributed by atoms with Gasteiger partial charge in [-0.2, -0.15) is 0 Å². The molecule has 1 aromatic rings. The molecule has 1 aliphatic rings. The Hall–Kier alpha value is -0.770. The Morgan fingerprint density at radius 2 is 1.95 bits per heavy atom. The summed E-state index contributed by atoms with van der Waals surface area (Å²) >= 11 is 6.44. The maximum Gasteiger partial charge on any atom is 0.0726 e. The third kappa shape index (κ3) is 4.60. The third-order valence-electron chi connectivity index (χ3n) is 3.71. The zero-order valence-corrected chi connectivity index (χ0v) is 14.3. The van der Waals surface area contributed by atoms with Gasteiger partial charge >= 0.3 is 0 Å². The lowest BCUT2D eigenvalue weighted by molar-refractivity contribution is -0.00526. The Balaban J connectivity index is 2.16. The van der Waals surface area contributed by atoms with Crippen molar-refractivity contribution in [3.8, 4) is 0 Å². The van der Waals surface area contributed by atoms with E-state index in [1.165, 1.54) is 11.3 Å². The summed E-state index contributed by atoms with van der Waals surface area (Å²) < 4.78 is 5.83. The van der Waals surface area contributed by atoms with Gasteiger partial charge in [-0.05, 0) is 38.4 Å². The van der Waals surface area contributed by atoms with Crippen molar-refractivity contribution in [1.82, 2.24) is 5.32 Å². The molecule has 0 aromatic heterocycles. The molecule has 118 valence electrons. The maximum absolute atomic E-state index is 6.44. The quantitative estimate of drug-likeness (QED) is 0.897. The lowest BCUT2D eigenvalue weighted by Crippen LogP contribution is -2.46. The van der Waals surface area contributed by atoms with Crippen molar-refractivity contribution < 1.29 is 4.74 Å². The molecule has 2 rings (SSSR count). The fraction of sp³-hybridized carbons (Fsp3) is 0.647. The summed E-state index contributed by atoms with van der Waals surface area (Å²) in [5.74, 6) is 0.638. The van der Waals surface area contributed by atoms with Gasteiger partial charge in [-0.3, -0.25) is 0 Å². The highest BCUT2D eigenvalue weighted by Crippen LogP contribution is 2.29. The van der Waals surface area contributed by atoms with Crippen LogP contribution in [0.4, 0.5) is 5.69 Å². The summed E-state index contributed by atoms with van der Waals surface area (Å²) in [7, 11) is 0. The molecule has 1 fully saturated rings. The number of anilines is 1. The average Bonchev–Trinajstić information content (AvgIpc) is 2.39. The first-order chi connectivity index (χ1) is 9.97. The number of nitrogens with zero attached hydrogens (tertiary/aromatic N) is 1. The molecule has 2 atom stereocenters. The van der Waals surface area contributed by atoms with Crippen LogP contribution in [-0.4, -0.2) is 31.8 Å². The SMILES string of the molecule is CC(C)CNCc1c(Cl)cccc1N1C[C@@H](C)O[C@@H](C)C1. The highest BCUT2D eigenvalue weighted by atomic mass is 35.5. The molecule has 0 bridgehead atoms. The third-order valence-corrected chi connectivity index (χ3v) is 4.06. The summed E-state index contributed by atoms with van der Waals surface area (Å²) in [4.78, 5) is 2.40. The van der Waals surface area contributed by atoms with E-state index in [0.717, 1.165) is 31.2 Å². The van der Waals surface area contributed by atoms with E-state index in [1.54, 1.807) is 0 Å². The van der Waals surface area contributed by atoms with E-state index in [-0.39, 0.29) is 12.2 Å². The Labute approximate surface area is 133 Å². The molecule has 1 aromatic carbocycles. The Kier molecular flexibility index (Phi) is 5.91. The van der Waals surface area contributed by atoms with Crippen molar-refractivity contribution in [3.05, 3.63) is 28.8 Å². The first kappa shape index (κ1) is 16.6. The van der Waals surface area contributed by atoms with E-state index in [9.17, 15) is 0 Å². The zero-order chi connectivity index (χ0) is 15.4. The van der Waals surface area contributed by atoms with E-state index in [2.05, 4.69) is 44.0 Å². The van der Waals surface area contributed by atoms with Crippen LogP contribution < -0.4 is 10.2 Å². The zero-order valence-electron chi connectivity index (χ0n) is 13.5. The lowest BCUT2D eigenvalue weighted by atomic mass is 10.1. The molecule has 1 saturated heterocycles. The summed E-state index contributed by atoms with van der Waals surface area (Å²) in [6.45, 7) is 12.3. The largest absolute Gasteiger partial charge is 0.372 e. The van der Waals surface area contributed by atoms with Gasteiger partial charge in [0, 0.05) is 35.9 Å². The van der Waals surface area contributed by atoms with Crippen LogP contribution in [-0.2, 0) is 11.3 Å². The highest BCUT2D eigenvalue weighted by Gasteiger charge is 2.24. The number of morpholine rings is 1. The second-order valence-corrected chi connectivity index (χ2v) is 6.83. The number of hydrogen-bond donors (Lipinski definition) is 1. The van der Waals surface area contributed by atoms with Gasteiger partial charge in [-0.25, -0.2) is 0 Å². The number of ether oxygens (including phenoxy) is 1. The smallest absolute Gasteiger partial charge is 0.0726 e. The molecule has 0 radical (unpaired) electrons. The van der Waals surface area contributed by atoms with Crippen molar-refractivity contribution in [3.63, 3.8) is 0 Å². The van der Waals surface area contributed by atoms with Gasteiger partial charge in [0.05, 0.1) is 12.2 Å². The molecule has 1 aliphatic heterocycles. The van der Waals surface area contributed by atoms with Gasteiger partial charge in [0.25, 0.3) is 0 Å². The molecule has 0 spiro atoms. The van der Waals surface area contributed by atoms with Crippen LogP contribution in [0.2, 0.25) is 5.02 Å². The van der Waals surface area contributed by atoms with E-state index < -0.39 is 0 Å². The first-order valence-electron chi connectivity index (χ1n) is 7.86. The normalized spacial score (nSPS) is 22.9. The molecule has 0 aliphatic carbocycles. The number of hydrogen-bond acceptors (Lipinski definition) is 3. The number of nitrogens with one attached hydrogen (secondary N) is 1. The van der Waals surface area contributed by atoms with Gasteiger partial charge in [0.1, 0.15) is 0 Å². The summed E-state index contributed by atoms with van der Waals surface area (Å²) in [6.07, 6.45) is 0.508. The van der Waals surface area contributed by atoms with Crippen LogP contribution in [0.5, 0.6) is 0 Å². The minimum atomic E-state index is 0.254. The van der Waals surface area contributed by atoms with Crippen molar-refractivity contribution in [1.29, 1.82) is 0 Å². The van der Waals surface area contributed by atoms with Crippen LogP contribution in [0, 0.1) is 5.92 Å². The summed E-state index contributed by atoms with van der Waals surface area (Å²) in [5, 5.41) is 4.34. The van der Waals surface area contributed by atoms with Crippen LogP contribution >= 0.6 is 11.6 Å². The van der Waals surface area contributed by atoms with Crippen LogP contribution in [0.15, 0.2) is 18.2 Å². The lowest BCUT2D eigenvalue weighted by Gasteiger charge is -2.38. The van der Waals surface area contributed by atoms with E-state index in [4.69, 9.17) is 16.3 Å². The Bertz CT molecular complexity index is 454. The molecule has 3 nitrogen and oxygen atoms in total. The summed E-state index contributed by atoms with van der Waals surface area (Å²) in [5.41, 5.74) is 2.43. The Morgan fingerprint density at radius 3 is 2.57 bits per heavy atom. The molecule has 0 unspecified atom stereocenters. The van der Waals surface area contributed by atoms with E-state index in [1.807, 2.05) is 12.1 Å². The number of rotatable bonds is 5. The monoisotopic (exact) mass is 310 g/mol. The van der Waals surface area contributed by atoms with Gasteiger partial charge in [0.2, 0.25) is 0 Å². The molecular formula is C17H27ClN2O. The van der Waals surface area contributed by atoms with Crippen LogP contribution in [0.1, 0.15) is 33.3 Å². The van der Waals surface area contributed by atoms with Crippen LogP contribution in [0.3, 0.4) is 0 Å². The molecule has 1 heterocycles. The first-order valence-corrected chi connectivity index (χ1v) is 8.23. The second-order valence-electron chi connectivity index (χ2n) is 6.42. The van der Waals surface area contributed by atoms with Crippen molar-refractivity contribution >= 4 is 17.3 Å². The van der Waals surface area contributed by atoms with Gasteiger partial charge < -0.3 is 15.0 Å². The standard InChI is InChI=1S/C17H27ClN2O/c1-12(2)8-19-9-15-16(18)6-5-7-17(15)20-10-13(3)21-14(4)11-20/h5-7,12-14,19H,8-11H2,1-4H3/t13-,14+. The predicted octanol–water partition coefficient (Wildman–Crippen LogP) is 3.70.